The standard InChI is InChI=1S/C11H13NO3/c1-2-15-11(14)12-7-10(13)8-5-3-4-6-9(8)12/h3-6,10,13H,2,7H2,1H3. The highest BCUT2D eigenvalue weighted by Gasteiger charge is 2.31. The van der Waals surface area contributed by atoms with Crippen LogP contribution in [-0.2, 0) is 4.74 Å². The van der Waals surface area contributed by atoms with Crippen molar-refractivity contribution in [3.63, 3.8) is 0 Å². The number of hydrogen-bond acceptors (Lipinski definition) is 3. The molecule has 0 bridgehead atoms. The van der Waals surface area contributed by atoms with Gasteiger partial charge in [0.2, 0.25) is 0 Å². The lowest BCUT2D eigenvalue weighted by molar-refractivity contribution is 0.152. The second-order valence-electron chi connectivity index (χ2n) is 3.38. The molecule has 0 fully saturated rings. The molecule has 0 saturated heterocycles. The predicted molar refractivity (Wildman–Crippen MR) is 55.8 cm³/mol. The quantitative estimate of drug-likeness (QED) is 0.762. The molecular formula is C11H13NO3. The Morgan fingerprint density at radius 1 is 1.60 bits per heavy atom. The van der Waals surface area contributed by atoms with Crippen LogP contribution in [0, 0.1) is 0 Å². The Labute approximate surface area is 88.1 Å². The van der Waals surface area contributed by atoms with Crippen LogP contribution in [0.3, 0.4) is 0 Å². The Bertz CT molecular complexity index is 378. The number of fused-ring (bicyclic) bond motifs is 1. The van der Waals surface area contributed by atoms with Gasteiger partial charge in [-0.2, -0.15) is 0 Å². The normalized spacial score (nSPS) is 18.8. The second-order valence-corrected chi connectivity index (χ2v) is 3.38. The number of amides is 1. The molecule has 0 radical (unpaired) electrons. The average Bonchev–Trinajstić information content (AvgIpc) is 2.58. The zero-order chi connectivity index (χ0) is 10.8. The summed E-state index contributed by atoms with van der Waals surface area (Å²) in [4.78, 5) is 13.0. The summed E-state index contributed by atoms with van der Waals surface area (Å²) in [6.45, 7) is 2.38. The van der Waals surface area contributed by atoms with Crippen LogP contribution in [-0.4, -0.2) is 24.4 Å². The zero-order valence-electron chi connectivity index (χ0n) is 8.51. The molecule has 1 unspecified atom stereocenters. The van der Waals surface area contributed by atoms with Crippen LogP contribution in [0.25, 0.3) is 0 Å². The van der Waals surface area contributed by atoms with E-state index in [1.165, 1.54) is 4.90 Å². The Balaban J connectivity index is 2.28. The van der Waals surface area contributed by atoms with E-state index in [4.69, 9.17) is 4.74 Å². The third-order valence-electron chi connectivity index (χ3n) is 2.43. The molecule has 0 aromatic heterocycles. The summed E-state index contributed by atoms with van der Waals surface area (Å²) in [6, 6.07) is 7.31. The lowest BCUT2D eigenvalue weighted by Crippen LogP contribution is -2.30. The van der Waals surface area contributed by atoms with Gasteiger partial charge in [-0.05, 0) is 13.0 Å². The van der Waals surface area contributed by atoms with Crippen molar-refractivity contribution in [2.75, 3.05) is 18.1 Å². The van der Waals surface area contributed by atoms with Crippen molar-refractivity contribution < 1.29 is 14.6 Å². The molecule has 1 amide bonds. The maximum Gasteiger partial charge on any atom is 0.414 e. The molecular weight excluding hydrogens is 194 g/mol. The number of aliphatic hydroxyl groups is 1. The first-order chi connectivity index (χ1) is 7.24. The number of para-hydroxylation sites is 1. The number of benzene rings is 1. The molecule has 0 saturated carbocycles. The summed E-state index contributed by atoms with van der Waals surface area (Å²) in [7, 11) is 0. The van der Waals surface area contributed by atoms with Gasteiger partial charge >= 0.3 is 6.09 Å². The summed E-state index contributed by atoms with van der Waals surface area (Å²) in [5.41, 5.74) is 1.52. The van der Waals surface area contributed by atoms with E-state index < -0.39 is 12.2 Å². The highest BCUT2D eigenvalue weighted by molar-refractivity contribution is 5.90. The number of carbonyl (C=O) groups is 1. The molecule has 4 heteroatoms. The summed E-state index contributed by atoms with van der Waals surface area (Å²) in [6.07, 6.45) is -1.01. The summed E-state index contributed by atoms with van der Waals surface area (Å²) >= 11 is 0. The first-order valence-corrected chi connectivity index (χ1v) is 4.95. The minimum Gasteiger partial charge on any atom is -0.449 e. The minimum absolute atomic E-state index is 0.276. The number of carbonyl (C=O) groups excluding carboxylic acids is 1. The van der Waals surface area contributed by atoms with E-state index in [1.807, 2.05) is 24.3 Å². The van der Waals surface area contributed by atoms with Crippen molar-refractivity contribution in [1.29, 1.82) is 0 Å². The van der Waals surface area contributed by atoms with Gasteiger partial charge in [-0.25, -0.2) is 4.79 Å². The van der Waals surface area contributed by atoms with Crippen LogP contribution >= 0.6 is 0 Å². The van der Waals surface area contributed by atoms with Gasteiger partial charge in [0.05, 0.1) is 24.9 Å². The molecule has 4 nitrogen and oxygen atoms in total. The third-order valence-corrected chi connectivity index (χ3v) is 2.43. The highest BCUT2D eigenvalue weighted by atomic mass is 16.6. The minimum atomic E-state index is -0.606. The molecule has 15 heavy (non-hydrogen) atoms. The fourth-order valence-electron chi connectivity index (χ4n) is 1.76. The number of aliphatic hydroxyl groups excluding tert-OH is 1. The molecule has 0 spiro atoms. The van der Waals surface area contributed by atoms with Crippen LogP contribution < -0.4 is 4.90 Å². The predicted octanol–water partition coefficient (Wildman–Crippen LogP) is 1.70. The van der Waals surface area contributed by atoms with Gasteiger partial charge in [-0.1, -0.05) is 18.2 Å². The number of nitrogens with zero attached hydrogens (tertiary/aromatic N) is 1. The van der Waals surface area contributed by atoms with Gasteiger partial charge in [-0.3, -0.25) is 4.90 Å². The zero-order valence-corrected chi connectivity index (χ0v) is 8.51. The fourth-order valence-corrected chi connectivity index (χ4v) is 1.76. The largest absolute Gasteiger partial charge is 0.449 e. The van der Waals surface area contributed by atoms with Gasteiger partial charge in [0.15, 0.2) is 0 Å². The van der Waals surface area contributed by atoms with Crippen LogP contribution in [0.1, 0.15) is 18.6 Å². The molecule has 1 atom stereocenters. The molecule has 1 N–H and O–H groups in total. The maximum atomic E-state index is 11.5. The topological polar surface area (TPSA) is 49.8 Å². The van der Waals surface area contributed by atoms with Crippen LogP contribution in [0.2, 0.25) is 0 Å². The summed E-state index contributed by atoms with van der Waals surface area (Å²) in [5, 5.41) is 9.72. The highest BCUT2D eigenvalue weighted by Crippen LogP contribution is 2.34. The van der Waals surface area contributed by atoms with Crippen LogP contribution in [0.4, 0.5) is 10.5 Å². The van der Waals surface area contributed by atoms with Gasteiger partial charge < -0.3 is 9.84 Å². The summed E-state index contributed by atoms with van der Waals surface area (Å²) < 4.78 is 4.91. The van der Waals surface area contributed by atoms with Crippen molar-refractivity contribution in [2.24, 2.45) is 0 Å². The monoisotopic (exact) mass is 207 g/mol. The SMILES string of the molecule is CCOC(=O)N1CC(O)c2ccccc21. The fraction of sp³-hybridized carbons (Fsp3) is 0.364. The number of rotatable bonds is 1. The van der Waals surface area contributed by atoms with Crippen LogP contribution in [0.15, 0.2) is 24.3 Å². The summed E-state index contributed by atoms with van der Waals surface area (Å²) in [5.74, 6) is 0. The van der Waals surface area contributed by atoms with Crippen molar-refractivity contribution in [2.45, 2.75) is 13.0 Å². The van der Waals surface area contributed by atoms with Gasteiger partial charge in [0, 0.05) is 5.56 Å². The molecule has 1 heterocycles. The maximum absolute atomic E-state index is 11.5. The van der Waals surface area contributed by atoms with E-state index in [0.29, 0.717) is 6.61 Å². The van der Waals surface area contributed by atoms with Crippen molar-refractivity contribution >= 4 is 11.8 Å². The molecule has 2 rings (SSSR count). The molecule has 1 aromatic carbocycles. The van der Waals surface area contributed by atoms with E-state index in [0.717, 1.165) is 11.3 Å². The molecule has 1 aliphatic rings. The number of anilines is 1. The van der Waals surface area contributed by atoms with Gasteiger partial charge in [-0.15, -0.1) is 0 Å². The van der Waals surface area contributed by atoms with Crippen molar-refractivity contribution in [1.82, 2.24) is 0 Å². The molecule has 80 valence electrons. The lowest BCUT2D eigenvalue weighted by atomic mass is 10.1. The third kappa shape index (κ3) is 1.68. The number of β-amino-alcohol motifs (C(OH)–C–C–N with tert-alkyl or cyclic N) is 1. The van der Waals surface area contributed by atoms with Crippen molar-refractivity contribution in [3.05, 3.63) is 29.8 Å². The van der Waals surface area contributed by atoms with Crippen LogP contribution in [0.5, 0.6) is 0 Å². The molecule has 0 aliphatic carbocycles. The van der Waals surface area contributed by atoms with E-state index in [1.54, 1.807) is 6.92 Å². The Kier molecular flexibility index (Phi) is 2.60. The smallest absolute Gasteiger partial charge is 0.414 e. The Morgan fingerprint density at radius 2 is 2.33 bits per heavy atom. The van der Waals surface area contributed by atoms with E-state index >= 15 is 0 Å². The first-order valence-electron chi connectivity index (χ1n) is 4.95. The van der Waals surface area contributed by atoms with E-state index in [2.05, 4.69) is 0 Å². The van der Waals surface area contributed by atoms with E-state index in [9.17, 15) is 9.90 Å². The van der Waals surface area contributed by atoms with Crippen molar-refractivity contribution in [3.8, 4) is 0 Å². The van der Waals surface area contributed by atoms with Gasteiger partial charge in [0.25, 0.3) is 0 Å². The first kappa shape index (κ1) is 9.98. The van der Waals surface area contributed by atoms with E-state index in [-0.39, 0.29) is 6.54 Å². The molecule has 1 aromatic rings. The Morgan fingerprint density at radius 3 is 3.07 bits per heavy atom. The number of hydrogen-bond donors (Lipinski definition) is 1. The molecule has 1 aliphatic heterocycles. The Hall–Kier alpha value is -1.55. The lowest BCUT2D eigenvalue weighted by Gasteiger charge is -2.15. The average molecular weight is 207 g/mol. The van der Waals surface area contributed by atoms with Gasteiger partial charge in [0.1, 0.15) is 0 Å². The number of ether oxygens (including phenoxy) is 1. The second kappa shape index (κ2) is 3.90.